The summed E-state index contributed by atoms with van der Waals surface area (Å²) in [5.74, 6) is 0.191. The van der Waals surface area contributed by atoms with Crippen LogP contribution in [0, 0.1) is 0 Å². The van der Waals surface area contributed by atoms with Crippen molar-refractivity contribution in [3.63, 3.8) is 0 Å². The summed E-state index contributed by atoms with van der Waals surface area (Å²) in [7, 11) is -2.89. The zero-order valence-corrected chi connectivity index (χ0v) is 10.9. The summed E-state index contributed by atoms with van der Waals surface area (Å²) in [4.78, 5) is 0. The number of nitrogens with zero attached hydrogens (tertiary/aromatic N) is 1. The van der Waals surface area contributed by atoms with Gasteiger partial charge in [0, 0.05) is 37.3 Å². The summed E-state index contributed by atoms with van der Waals surface area (Å²) < 4.78 is 24.1. The van der Waals surface area contributed by atoms with Crippen LogP contribution in [-0.2, 0) is 22.9 Å². The minimum absolute atomic E-state index is 0.191. The second-order valence-corrected chi connectivity index (χ2v) is 6.62. The van der Waals surface area contributed by atoms with Crippen molar-refractivity contribution in [3.05, 3.63) is 24.0 Å². The molecule has 1 rings (SSSR count). The van der Waals surface area contributed by atoms with E-state index in [1.54, 1.807) is 0 Å². The van der Waals surface area contributed by atoms with Gasteiger partial charge in [-0.2, -0.15) is 0 Å². The number of hydrogen-bond donors (Lipinski definition) is 1. The van der Waals surface area contributed by atoms with E-state index < -0.39 is 9.84 Å². The van der Waals surface area contributed by atoms with E-state index in [-0.39, 0.29) is 5.75 Å². The van der Waals surface area contributed by atoms with Crippen molar-refractivity contribution >= 4 is 9.84 Å². The molecule has 0 radical (unpaired) electrons. The van der Waals surface area contributed by atoms with Crippen LogP contribution >= 0.6 is 0 Å². The highest BCUT2D eigenvalue weighted by molar-refractivity contribution is 7.90. The van der Waals surface area contributed by atoms with Gasteiger partial charge >= 0.3 is 0 Å². The molecule has 0 amide bonds. The van der Waals surface area contributed by atoms with Crippen LogP contribution in [0.15, 0.2) is 18.3 Å². The molecule has 1 heterocycles. The van der Waals surface area contributed by atoms with Crippen molar-refractivity contribution in [3.8, 4) is 0 Å². The van der Waals surface area contributed by atoms with Crippen molar-refractivity contribution in [2.24, 2.45) is 0 Å². The van der Waals surface area contributed by atoms with Crippen molar-refractivity contribution in [2.45, 2.75) is 33.0 Å². The lowest BCUT2D eigenvalue weighted by Crippen LogP contribution is -2.24. The molecule has 5 heteroatoms. The van der Waals surface area contributed by atoms with E-state index in [0.717, 1.165) is 12.2 Å². The third kappa shape index (κ3) is 4.81. The molecule has 0 fully saturated rings. The van der Waals surface area contributed by atoms with Crippen molar-refractivity contribution < 1.29 is 8.42 Å². The first kappa shape index (κ1) is 13.3. The quantitative estimate of drug-likeness (QED) is 0.813. The molecule has 1 aromatic heterocycles. The van der Waals surface area contributed by atoms with E-state index in [9.17, 15) is 8.42 Å². The Morgan fingerprint density at radius 3 is 2.69 bits per heavy atom. The van der Waals surface area contributed by atoms with E-state index in [1.807, 2.05) is 22.9 Å². The predicted octanol–water partition coefficient (Wildman–Crippen LogP) is 1.03. The minimum Gasteiger partial charge on any atom is -0.349 e. The zero-order chi connectivity index (χ0) is 12.2. The Morgan fingerprint density at radius 1 is 1.44 bits per heavy atom. The molecule has 0 aliphatic carbocycles. The highest BCUT2D eigenvalue weighted by Crippen LogP contribution is 2.03. The Labute approximate surface area is 97.6 Å². The van der Waals surface area contributed by atoms with Gasteiger partial charge in [0.1, 0.15) is 9.84 Å². The van der Waals surface area contributed by atoms with Crippen LogP contribution in [0.1, 0.15) is 19.5 Å². The number of rotatable bonds is 6. The molecular formula is C11H20N2O2S. The third-order valence-corrected chi connectivity index (χ3v) is 3.24. The average Bonchev–Trinajstić information content (AvgIpc) is 2.57. The van der Waals surface area contributed by atoms with Gasteiger partial charge in [-0.3, -0.25) is 0 Å². The van der Waals surface area contributed by atoms with Gasteiger partial charge in [-0.05, 0) is 12.1 Å². The first-order chi connectivity index (χ1) is 7.38. The average molecular weight is 244 g/mol. The van der Waals surface area contributed by atoms with Crippen LogP contribution in [0.2, 0.25) is 0 Å². The number of aryl methyl sites for hydroxylation is 1. The fraction of sp³-hybridized carbons (Fsp3) is 0.636. The van der Waals surface area contributed by atoms with E-state index in [2.05, 4.69) is 19.2 Å². The molecule has 1 aromatic rings. The summed E-state index contributed by atoms with van der Waals surface area (Å²) in [5, 5.41) is 3.32. The molecule has 16 heavy (non-hydrogen) atoms. The molecule has 4 nitrogen and oxygen atoms in total. The third-order valence-electron chi connectivity index (χ3n) is 2.32. The molecule has 0 aliphatic rings. The van der Waals surface area contributed by atoms with Gasteiger partial charge in [-0.1, -0.05) is 13.8 Å². The molecule has 0 saturated heterocycles. The lowest BCUT2D eigenvalue weighted by atomic mass is 10.3. The highest BCUT2D eigenvalue weighted by Gasteiger charge is 2.05. The monoisotopic (exact) mass is 244 g/mol. The summed E-state index contributed by atoms with van der Waals surface area (Å²) >= 11 is 0. The first-order valence-electron chi connectivity index (χ1n) is 5.43. The molecule has 0 aliphatic heterocycles. The molecule has 0 bridgehead atoms. The summed E-state index contributed by atoms with van der Waals surface area (Å²) in [6.07, 6.45) is 3.19. The fourth-order valence-corrected chi connectivity index (χ4v) is 1.93. The van der Waals surface area contributed by atoms with Gasteiger partial charge in [-0.15, -0.1) is 0 Å². The number of aromatic nitrogens is 1. The number of nitrogens with one attached hydrogen (secondary N) is 1. The van der Waals surface area contributed by atoms with Crippen LogP contribution in [0.5, 0.6) is 0 Å². The van der Waals surface area contributed by atoms with Gasteiger partial charge in [-0.25, -0.2) is 8.42 Å². The van der Waals surface area contributed by atoms with Crippen molar-refractivity contribution in [1.82, 2.24) is 9.88 Å². The predicted molar refractivity (Wildman–Crippen MR) is 66.1 cm³/mol. The van der Waals surface area contributed by atoms with Crippen LogP contribution in [-0.4, -0.2) is 31.0 Å². The van der Waals surface area contributed by atoms with E-state index in [4.69, 9.17) is 0 Å². The van der Waals surface area contributed by atoms with Gasteiger partial charge in [0.25, 0.3) is 0 Å². The maximum Gasteiger partial charge on any atom is 0.149 e. The molecule has 92 valence electrons. The minimum atomic E-state index is -2.89. The number of hydrogen-bond acceptors (Lipinski definition) is 3. The van der Waals surface area contributed by atoms with Gasteiger partial charge < -0.3 is 9.88 Å². The molecule has 0 unspecified atom stereocenters. The van der Waals surface area contributed by atoms with Gasteiger partial charge in [0.05, 0.1) is 5.75 Å². The maximum atomic E-state index is 11.1. The Hall–Kier alpha value is -0.810. The lowest BCUT2D eigenvalue weighted by Gasteiger charge is -2.11. The Balaban J connectivity index is 2.57. The Morgan fingerprint density at radius 2 is 2.12 bits per heavy atom. The Bertz CT molecular complexity index is 421. The van der Waals surface area contributed by atoms with Crippen LogP contribution in [0.25, 0.3) is 0 Å². The second kappa shape index (κ2) is 5.50. The smallest absolute Gasteiger partial charge is 0.149 e. The molecule has 0 aromatic carbocycles. The SMILES string of the molecule is CC(C)NCc1cccn1CCS(C)(=O)=O. The molecule has 1 N–H and O–H groups in total. The van der Waals surface area contributed by atoms with E-state index in [0.29, 0.717) is 12.6 Å². The Kier molecular flexibility index (Phi) is 4.56. The topological polar surface area (TPSA) is 51.1 Å². The van der Waals surface area contributed by atoms with Crippen molar-refractivity contribution in [1.29, 1.82) is 0 Å². The highest BCUT2D eigenvalue weighted by atomic mass is 32.2. The van der Waals surface area contributed by atoms with Gasteiger partial charge in [0.15, 0.2) is 0 Å². The van der Waals surface area contributed by atoms with E-state index >= 15 is 0 Å². The zero-order valence-electron chi connectivity index (χ0n) is 10.1. The normalized spacial score (nSPS) is 12.2. The molecule has 0 atom stereocenters. The van der Waals surface area contributed by atoms with Crippen LogP contribution in [0.4, 0.5) is 0 Å². The van der Waals surface area contributed by atoms with Crippen LogP contribution < -0.4 is 5.32 Å². The summed E-state index contributed by atoms with van der Waals surface area (Å²) in [5.41, 5.74) is 1.12. The van der Waals surface area contributed by atoms with Gasteiger partial charge in [0.2, 0.25) is 0 Å². The van der Waals surface area contributed by atoms with E-state index in [1.165, 1.54) is 6.26 Å². The van der Waals surface area contributed by atoms with Crippen molar-refractivity contribution in [2.75, 3.05) is 12.0 Å². The summed E-state index contributed by atoms with van der Waals surface area (Å²) in [6, 6.07) is 4.38. The molecule has 0 spiro atoms. The number of sulfone groups is 1. The lowest BCUT2D eigenvalue weighted by molar-refractivity contribution is 0.557. The summed E-state index contributed by atoms with van der Waals surface area (Å²) in [6.45, 7) is 5.48. The standard InChI is InChI=1S/C11H20N2O2S/c1-10(2)12-9-11-5-4-6-13(11)7-8-16(3,14)15/h4-6,10,12H,7-9H2,1-3H3. The van der Waals surface area contributed by atoms with Crippen LogP contribution in [0.3, 0.4) is 0 Å². The molecular weight excluding hydrogens is 224 g/mol. The largest absolute Gasteiger partial charge is 0.349 e. The molecule has 0 saturated carbocycles. The fourth-order valence-electron chi connectivity index (χ4n) is 1.40. The maximum absolute atomic E-state index is 11.1. The second-order valence-electron chi connectivity index (χ2n) is 4.36. The first-order valence-corrected chi connectivity index (χ1v) is 7.49.